The number of benzene rings is 2. The first-order valence-electron chi connectivity index (χ1n) is 11.7. The van der Waals surface area contributed by atoms with E-state index in [0.717, 1.165) is 23.1 Å². The molecule has 2 N–H and O–H groups in total. The SMILES string of the molecule is Cc1ccccc1[C@H](CC(=O)O)NC(=O)c1cc(OCC(=O)N2CCCC2)n(-c2ccccc2F)n1. The first kappa shape index (κ1) is 24.9. The Hall–Kier alpha value is -4.21. The maximum atomic E-state index is 14.6. The Labute approximate surface area is 207 Å². The van der Waals surface area contributed by atoms with Gasteiger partial charge in [-0.05, 0) is 43.0 Å². The molecular weight excluding hydrogens is 467 g/mol. The number of carboxylic acids is 1. The first-order valence-corrected chi connectivity index (χ1v) is 11.7. The lowest BCUT2D eigenvalue weighted by Gasteiger charge is -2.18. The minimum atomic E-state index is -1.08. The van der Waals surface area contributed by atoms with Crippen LogP contribution in [0.5, 0.6) is 5.88 Å². The summed E-state index contributed by atoms with van der Waals surface area (Å²) in [6.07, 6.45) is 1.53. The number of para-hydroxylation sites is 1. The molecule has 0 saturated carbocycles. The normalized spacial score (nSPS) is 13.9. The molecule has 10 heteroatoms. The van der Waals surface area contributed by atoms with Crippen molar-refractivity contribution in [2.75, 3.05) is 19.7 Å². The van der Waals surface area contributed by atoms with Gasteiger partial charge < -0.3 is 20.1 Å². The van der Waals surface area contributed by atoms with Gasteiger partial charge in [-0.3, -0.25) is 14.4 Å². The summed E-state index contributed by atoms with van der Waals surface area (Å²) in [5, 5.41) is 16.3. The number of carbonyl (C=O) groups excluding carboxylic acids is 2. The van der Waals surface area contributed by atoms with Crippen LogP contribution in [0.1, 0.15) is 46.9 Å². The van der Waals surface area contributed by atoms with Crippen molar-refractivity contribution >= 4 is 17.8 Å². The van der Waals surface area contributed by atoms with Crippen LogP contribution in [0.25, 0.3) is 5.69 Å². The fourth-order valence-corrected chi connectivity index (χ4v) is 4.19. The van der Waals surface area contributed by atoms with Gasteiger partial charge in [0.25, 0.3) is 11.8 Å². The van der Waals surface area contributed by atoms with E-state index in [1.54, 1.807) is 23.1 Å². The van der Waals surface area contributed by atoms with E-state index in [0.29, 0.717) is 18.7 Å². The number of nitrogens with one attached hydrogen (secondary N) is 1. The number of hydrogen-bond acceptors (Lipinski definition) is 5. The zero-order valence-corrected chi connectivity index (χ0v) is 19.8. The number of hydrogen-bond donors (Lipinski definition) is 2. The lowest BCUT2D eigenvalue weighted by molar-refractivity contribution is -0.137. The number of carbonyl (C=O) groups is 3. The van der Waals surface area contributed by atoms with E-state index in [1.807, 2.05) is 19.1 Å². The molecule has 4 rings (SSSR count). The number of amides is 2. The molecule has 0 bridgehead atoms. The number of likely N-dealkylation sites (tertiary alicyclic amines) is 1. The summed E-state index contributed by atoms with van der Waals surface area (Å²) in [5.41, 5.74) is 1.42. The molecule has 1 aliphatic rings. The number of nitrogens with zero attached hydrogens (tertiary/aromatic N) is 3. The Morgan fingerprint density at radius 1 is 1.11 bits per heavy atom. The third-order valence-corrected chi connectivity index (χ3v) is 6.04. The molecule has 2 heterocycles. The Morgan fingerprint density at radius 2 is 1.81 bits per heavy atom. The smallest absolute Gasteiger partial charge is 0.305 e. The molecule has 0 spiro atoms. The summed E-state index contributed by atoms with van der Waals surface area (Å²) < 4.78 is 21.4. The highest BCUT2D eigenvalue weighted by Crippen LogP contribution is 2.25. The van der Waals surface area contributed by atoms with E-state index < -0.39 is 23.7 Å². The van der Waals surface area contributed by atoms with Crippen LogP contribution in [0.3, 0.4) is 0 Å². The van der Waals surface area contributed by atoms with Crippen LogP contribution in [-0.2, 0) is 9.59 Å². The Bertz CT molecular complexity index is 1270. The Morgan fingerprint density at radius 3 is 2.50 bits per heavy atom. The van der Waals surface area contributed by atoms with Crippen LogP contribution in [0.2, 0.25) is 0 Å². The van der Waals surface area contributed by atoms with E-state index in [9.17, 15) is 23.9 Å². The van der Waals surface area contributed by atoms with Crippen LogP contribution in [0.15, 0.2) is 54.6 Å². The Kier molecular flexibility index (Phi) is 7.62. The summed E-state index contributed by atoms with van der Waals surface area (Å²) in [5.74, 6) is -2.52. The van der Waals surface area contributed by atoms with Crippen LogP contribution >= 0.6 is 0 Å². The number of aromatic nitrogens is 2. The van der Waals surface area contributed by atoms with Crippen molar-refractivity contribution in [3.63, 3.8) is 0 Å². The van der Waals surface area contributed by atoms with Gasteiger partial charge in [0.15, 0.2) is 12.3 Å². The van der Waals surface area contributed by atoms with Crippen LogP contribution in [-0.4, -0.2) is 57.3 Å². The van der Waals surface area contributed by atoms with Crippen molar-refractivity contribution in [1.82, 2.24) is 20.0 Å². The molecule has 188 valence electrons. The second-order valence-electron chi connectivity index (χ2n) is 8.59. The summed E-state index contributed by atoms with van der Waals surface area (Å²) in [6, 6.07) is 13.5. The Balaban J connectivity index is 1.61. The van der Waals surface area contributed by atoms with Crippen molar-refractivity contribution < 1.29 is 28.6 Å². The average molecular weight is 495 g/mol. The highest BCUT2D eigenvalue weighted by molar-refractivity contribution is 5.93. The quantitative estimate of drug-likeness (QED) is 0.472. The molecular formula is C26H27FN4O5. The molecule has 1 atom stereocenters. The van der Waals surface area contributed by atoms with Gasteiger partial charge in [-0.15, -0.1) is 0 Å². The van der Waals surface area contributed by atoms with E-state index in [2.05, 4.69) is 10.4 Å². The predicted octanol–water partition coefficient (Wildman–Crippen LogP) is 3.27. The molecule has 1 aromatic heterocycles. The molecule has 1 saturated heterocycles. The number of halogens is 1. The molecule has 1 fully saturated rings. The van der Waals surface area contributed by atoms with Crippen molar-refractivity contribution in [3.05, 3.63) is 77.2 Å². The lowest BCUT2D eigenvalue weighted by atomic mass is 9.98. The van der Waals surface area contributed by atoms with Crippen LogP contribution in [0.4, 0.5) is 4.39 Å². The molecule has 9 nitrogen and oxygen atoms in total. The predicted molar refractivity (Wildman–Crippen MR) is 128 cm³/mol. The average Bonchev–Trinajstić information content (AvgIpc) is 3.53. The van der Waals surface area contributed by atoms with Gasteiger partial charge in [0.05, 0.1) is 12.5 Å². The second-order valence-corrected chi connectivity index (χ2v) is 8.59. The van der Waals surface area contributed by atoms with Gasteiger partial charge in [0, 0.05) is 19.2 Å². The lowest BCUT2D eigenvalue weighted by Crippen LogP contribution is -2.32. The molecule has 0 radical (unpaired) electrons. The van der Waals surface area contributed by atoms with Crippen molar-refractivity contribution in [3.8, 4) is 11.6 Å². The summed E-state index contributed by atoms with van der Waals surface area (Å²) >= 11 is 0. The molecule has 0 aliphatic carbocycles. The van der Waals surface area contributed by atoms with E-state index >= 15 is 0 Å². The second kappa shape index (κ2) is 11.0. The number of carboxylic acid groups (broad SMARTS) is 1. The molecule has 2 aromatic carbocycles. The highest BCUT2D eigenvalue weighted by atomic mass is 19.1. The minimum Gasteiger partial charge on any atom is -0.481 e. The van der Waals surface area contributed by atoms with E-state index in [-0.39, 0.29) is 36.2 Å². The monoisotopic (exact) mass is 494 g/mol. The number of rotatable bonds is 9. The van der Waals surface area contributed by atoms with Crippen molar-refractivity contribution in [2.45, 2.75) is 32.2 Å². The van der Waals surface area contributed by atoms with Gasteiger partial charge in [-0.25, -0.2) is 4.39 Å². The zero-order chi connectivity index (χ0) is 25.7. The minimum absolute atomic E-state index is 0.0171. The zero-order valence-electron chi connectivity index (χ0n) is 19.8. The van der Waals surface area contributed by atoms with Crippen molar-refractivity contribution in [1.29, 1.82) is 0 Å². The standard InChI is InChI=1S/C26H27FN4O5/c1-17-8-2-3-9-18(17)20(15-25(33)34)28-26(35)21-14-24(36-16-23(32)30-12-6-7-13-30)31(29-21)22-11-5-4-10-19(22)27/h2-5,8-11,14,20H,6-7,12-13,15-16H2,1H3,(H,28,35)(H,33,34)/t20-/m0/s1. The molecule has 3 aromatic rings. The van der Waals surface area contributed by atoms with Crippen LogP contribution in [0, 0.1) is 12.7 Å². The number of aliphatic carboxylic acids is 1. The third kappa shape index (κ3) is 5.70. The number of aryl methyl sites for hydroxylation is 1. The largest absolute Gasteiger partial charge is 0.481 e. The maximum Gasteiger partial charge on any atom is 0.305 e. The first-order chi connectivity index (χ1) is 17.3. The third-order valence-electron chi connectivity index (χ3n) is 6.04. The highest BCUT2D eigenvalue weighted by Gasteiger charge is 2.25. The maximum absolute atomic E-state index is 14.6. The van der Waals surface area contributed by atoms with Crippen molar-refractivity contribution in [2.24, 2.45) is 0 Å². The number of ether oxygens (including phenoxy) is 1. The summed E-state index contributed by atoms with van der Waals surface area (Å²) in [4.78, 5) is 38.8. The fraction of sp³-hybridized carbons (Fsp3) is 0.308. The molecule has 0 unspecified atom stereocenters. The van der Waals surface area contributed by atoms with Gasteiger partial charge in [0.2, 0.25) is 5.88 Å². The van der Waals surface area contributed by atoms with Gasteiger partial charge in [-0.2, -0.15) is 9.78 Å². The van der Waals surface area contributed by atoms with Gasteiger partial charge in [-0.1, -0.05) is 36.4 Å². The van der Waals surface area contributed by atoms with Crippen LogP contribution < -0.4 is 10.1 Å². The molecule has 36 heavy (non-hydrogen) atoms. The van der Waals surface area contributed by atoms with Gasteiger partial charge in [0.1, 0.15) is 11.5 Å². The van der Waals surface area contributed by atoms with Gasteiger partial charge >= 0.3 is 5.97 Å². The molecule has 2 amide bonds. The summed E-state index contributed by atoms with van der Waals surface area (Å²) in [6.45, 7) is 2.86. The molecule has 1 aliphatic heterocycles. The van der Waals surface area contributed by atoms with E-state index in [1.165, 1.54) is 24.3 Å². The van der Waals surface area contributed by atoms with E-state index in [4.69, 9.17) is 4.74 Å². The fourth-order valence-electron chi connectivity index (χ4n) is 4.19. The topological polar surface area (TPSA) is 114 Å². The summed E-state index contributed by atoms with van der Waals surface area (Å²) in [7, 11) is 0.